The lowest BCUT2D eigenvalue weighted by Crippen LogP contribution is -2.32. The minimum atomic E-state index is -0.563. The predicted octanol–water partition coefficient (Wildman–Crippen LogP) is 2.19. The zero-order chi connectivity index (χ0) is 18.7. The molecule has 0 fully saturated rings. The number of para-hydroxylation sites is 1. The van der Waals surface area contributed by atoms with E-state index in [9.17, 15) is 18.8 Å². The van der Waals surface area contributed by atoms with Gasteiger partial charge in [-0.3, -0.25) is 19.1 Å². The summed E-state index contributed by atoms with van der Waals surface area (Å²) in [7, 11) is 0. The fraction of sp³-hybridized carbons (Fsp3) is 0.167. The zero-order valence-electron chi connectivity index (χ0n) is 13.6. The van der Waals surface area contributed by atoms with Crippen molar-refractivity contribution in [2.75, 3.05) is 0 Å². The molecule has 6 nitrogen and oxygen atoms in total. The number of nitrogens with zero attached hydrogens (tertiary/aromatic N) is 1. The number of carbonyl (C=O) groups is 1. The summed E-state index contributed by atoms with van der Waals surface area (Å²) in [4.78, 5) is 38.2. The van der Waals surface area contributed by atoms with Crippen LogP contribution in [0.4, 0.5) is 4.39 Å². The van der Waals surface area contributed by atoms with Crippen molar-refractivity contribution in [2.24, 2.45) is 0 Å². The van der Waals surface area contributed by atoms with Gasteiger partial charge in [-0.15, -0.1) is 0 Å². The number of H-pyrrole nitrogens is 1. The van der Waals surface area contributed by atoms with Crippen LogP contribution in [0.15, 0.2) is 52.1 Å². The number of hydrogen-bond acceptors (Lipinski definition) is 3. The van der Waals surface area contributed by atoms with E-state index in [0.717, 1.165) is 0 Å². The van der Waals surface area contributed by atoms with Gasteiger partial charge in [0.25, 0.3) is 5.56 Å². The van der Waals surface area contributed by atoms with Crippen LogP contribution in [0.2, 0.25) is 5.02 Å². The Labute approximate surface area is 152 Å². The highest BCUT2D eigenvalue weighted by Crippen LogP contribution is 2.15. The van der Waals surface area contributed by atoms with Crippen molar-refractivity contribution < 1.29 is 9.18 Å². The number of carbonyl (C=O) groups excluding carboxylic acids is 1. The standard InChI is InChI=1S/C18H15ClFN3O3/c19-13-9-11(5-6-14(13)20)10-21-16(24)7-8-23-15-4-2-1-3-12(15)17(25)22-18(23)26/h1-6,9H,7-8,10H2,(H,21,24)(H,22,25,26). The van der Waals surface area contributed by atoms with Crippen molar-refractivity contribution in [3.8, 4) is 0 Å². The SMILES string of the molecule is O=C(CCn1c(=O)[nH]c(=O)c2ccccc21)NCc1ccc(F)c(Cl)c1. The maximum Gasteiger partial charge on any atom is 0.328 e. The Morgan fingerprint density at radius 3 is 2.73 bits per heavy atom. The summed E-state index contributed by atoms with van der Waals surface area (Å²) < 4.78 is 14.5. The monoisotopic (exact) mass is 375 g/mol. The zero-order valence-corrected chi connectivity index (χ0v) is 14.3. The van der Waals surface area contributed by atoms with Crippen LogP contribution in [0.3, 0.4) is 0 Å². The molecule has 1 aromatic heterocycles. The van der Waals surface area contributed by atoms with Crippen molar-refractivity contribution in [3.05, 3.63) is 79.7 Å². The lowest BCUT2D eigenvalue weighted by molar-refractivity contribution is -0.121. The van der Waals surface area contributed by atoms with E-state index >= 15 is 0 Å². The number of aromatic nitrogens is 2. The van der Waals surface area contributed by atoms with E-state index < -0.39 is 17.1 Å². The van der Waals surface area contributed by atoms with Crippen LogP contribution in [-0.4, -0.2) is 15.5 Å². The summed E-state index contributed by atoms with van der Waals surface area (Å²) in [5, 5.41) is 3.06. The number of nitrogens with one attached hydrogen (secondary N) is 2. The van der Waals surface area contributed by atoms with Gasteiger partial charge in [0.05, 0.1) is 15.9 Å². The summed E-state index contributed by atoms with van der Waals surface area (Å²) in [6.07, 6.45) is 0.0465. The van der Waals surface area contributed by atoms with E-state index in [1.54, 1.807) is 24.3 Å². The van der Waals surface area contributed by atoms with Crippen LogP contribution >= 0.6 is 11.6 Å². The van der Waals surface area contributed by atoms with Gasteiger partial charge < -0.3 is 5.32 Å². The molecule has 0 saturated carbocycles. The number of hydrogen-bond donors (Lipinski definition) is 2. The lowest BCUT2D eigenvalue weighted by atomic mass is 10.2. The van der Waals surface area contributed by atoms with Gasteiger partial charge in [-0.25, -0.2) is 9.18 Å². The van der Waals surface area contributed by atoms with Crippen molar-refractivity contribution >= 4 is 28.4 Å². The molecule has 0 unspecified atom stereocenters. The third-order valence-corrected chi connectivity index (χ3v) is 4.23. The molecule has 0 bridgehead atoms. The molecule has 26 heavy (non-hydrogen) atoms. The smallest absolute Gasteiger partial charge is 0.328 e. The quantitative estimate of drug-likeness (QED) is 0.717. The average Bonchev–Trinajstić information content (AvgIpc) is 2.62. The Hall–Kier alpha value is -2.93. The second-order valence-electron chi connectivity index (χ2n) is 5.70. The van der Waals surface area contributed by atoms with E-state index in [-0.39, 0.29) is 30.4 Å². The van der Waals surface area contributed by atoms with Crippen molar-refractivity contribution in [1.29, 1.82) is 0 Å². The number of rotatable bonds is 5. The molecule has 0 aliphatic carbocycles. The van der Waals surface area contributed by atoms with E-state index in [0.29, 0.717) is 16.5 Å². The van der Waals surface area contributed by atoms with Crippen LogP contribution in [-0.2, 0) is 17.9 Å². The van der Waals surface area contributed by atoms with Gasteiger partial charge in [-0.1, -0.05) is 29.8 Å². The third-order valence-electron chi connectivity index (χ3n) is 3.94. The summed E-state index contributed by atoms with van der Waals surface area (Å²) in [6.45, 7) is 0.312. The number of aryl methyl sites for hydroxylation is 1. The van der Waals surface area contributed by atoms with Crippen LogP contribution in [0.25, 0.3) is 10.9 Å². The molecule has 0 aliphatic rings. The maximum atomic E-state index is 13.1. The molecule has 0 spiro atoms. The number of fused-ring (bicyclic) bond motifs is 1. The molecule has 0 saturated heterocycles. The van der Waals surface area contributed by atoms with E-state index in [2.05, 4.69) is 10.3 Å². The number of halogens is 2. The second-order valence-corrected chi connectivity index (χ2v) is 6.11. The molecule has 3 aromatic rings. The van der Waals surface area contributed by atoms with Gasteiger partial charge in [-0.2, -0.15) is 0 Å². The Bertz CT molecular complexity index is 1090. The normalized spacial score (nSPS) is 10.8. The molecule has 2 N–H and O–H groups in total. The molecule has 1 amide bonds. The van der Waals surface area contributed by atoms with E-state index in [1.165, 1.54) is 22.8 Å². The van der Waals surface area contributed by atoms with Crippen LogP contribution in [0, 0.1) is 5.82 Å². The molecule has 0 aliphatic heterocycles. The molecule has 8 heteroatoms. The highest BCUT2D eigenvalue weighted by molar-refractivity contribution is 6.30. The molecule has 0 radical (unpaired) electrons. The highest BCUT2D eigenvalue weighted by Gasteiger charge is 2.09. The van der Waals surface area contributed by atoms with Gasteiger partial charge in [0.1, 0.15) is 5.82 Å². The number of benzene rings is 2. The fourth-order valence-corrected chi connectivity index (χ4v) is 2.82. The fourth-order valence-electron chi connectivity index (χ4n) is 2.62. The molecule has 1 heterocycles. The van der Waals surface area contributed by atoms with Crippen molar-refractivity contribution in [2.45, 2.75) is 19.5 Å². The molecular formula is C18H15ClFN3O3. The molecular weight excluding hydrogens is 361 g/mol. The van der Waals surface area contributed by atoms with Crippen molar-refractivity contribution in [3.63, 3.8) is 0 Å². The Morgan fingerprint density at radius 1 is 1.19 bits per heavy atom. The Morgan fingerprint density at radius 2 is 1.96 bits per heavy atom. The molecule has 134 valence electrons. The van der Waals surface area contributed by atoms with Crippen LogP contribution in [0.5, 0.6) is 0 Å². The average molecular weight is 376 g/mol. The largest absolute Gasteiger partial charge is 0.352 e. The Balaban J connectivity index is 1.68. The van der Waals surface area contributed by atoms with Gasteiger partial charge in [0, 0.05) is 19.5 Å². The first-order chi connectivity index (χ1) is 12.5. The van der Waals surface area contributed by atoms with E-state index in [1.807, 2.05) is 0 Å². The maximum absolute atomic E-state index is 13.1. The number of aromatic amines is 1. The summed E-state index contributed by atoms with van der Waals surface area (Å²) in [6, 6.07) is 10.9. The predicted molar refractivity (Wildman–Crippen MR) is 96.7 cm³/mol. The van der Waals surface area contributed by atoms with Crippen molar-refractivity contribution in [1.82, 2.24) is 14.9 Å². The Kier molecular flexibility index (Phi) is 5.18. The summed E-state index contributed by atoms with van der Waals surface area (Å²) >= 11 is 5.70. The van der Waals surface area contributed by atoms with Crippen LogP contribution in [0.1, 0.15) is 12.0 Å². The topological polar surface area (TPSA) is 84.0 Å². The summed E-state index contributed by atoms with van der Waals surface area (Å²) in [5.74, 6) is -0.807. The first kappa shape index (κ1) is 17.9. The second kappa shape index (κ2) is 7.53. The first-order valence-electron chi connectivity index (χ1n) is 7.88. The molecule has 2 aromatic carbocycles. The molecule has 0 atom stereocenters. The minimum Gasteiger partial charge on any atom is -0.352 e. The van der Waals surface area contributed by atoms with Gasteiger partial charge in [-0.05, 0) is 29.8 Å². The van der Waals surface area contributed by atoms with Crippen LogP contribution < -0.4 is 16.6 Å². The third kappa shape index (κ3) is 3.83. The highest BCUT2D eigenvalue weighted by atomic mass is 35.5. The lowest BCUT2D eigenvalue weighted by Gasteiger charge is -2.10. The van der Waals surface area contributed by atoms with Gasteiger partial charge >= 0.3 is 5.69 Å². The summed E-state index contributed by atoms with van der Waals surface area (Å²) in [5.41, 5.74) is 0.113. The molecule has 3 rings (SSSR count). The number of amides is 1. The minimum absolute atomic E-state index is 0.0111. The van der Waals surface area contributed by atoms with Gasteiger partial charge in [0.2, 0.25) is 5.91 Å². The van der Waals surface area contributed by atoms with E-state index in [4.69, 9.17) is 11.6 Å². The van der Waals surface area contributed by atoms with Gasteiger partial charge in [0.15, 0.2) is 0 Å². The first-order valence-corrected chi connectivity index (χ1v) is 8.26.